The quantitative estimate of drug-likeness (QED) is 0.512. The van der Waals surface area contributed by atoms with E-state index < -0.39 is 0 Å². The van der Waals surface area contributed by atoms with Crippen LogP contribution in [0.25, 0.3) is 21.6 Å². The minimum atomic E-state index is -0.0799. The number of fused-ring (bicyclic) bond motifs is 1. The minimum Gasteiger partial charge on any atom is -0.337 e. The lowest BCUT2D eigenvalue weighted by Crippen LogP contribution is -2.39. The molecular weight excluding hydrogens is 398 g/mol. The predicted molar refractivity (Wildman–Crippen MR) is 116 cm³/mol. The van der Waals surface area contributed by atoms with E-state index in [9.17, 15) is 4.79 Å². The van der Waals surface area contributed by atoms with Crippen molar-refractivity contribution in [3.05, 3.63) is 60.5 Å². The van der Waals surface area contributed by atoms with Gasteiger partial charge in [-0.15, -0.1) is 0 Å². The first-order valence-electron chi connectivity index (χ1n) is 10.0. The lowest BCUT2D eigenvalue weighted by Gasteiger charge is -2.32. The van der Waals surface area contributed by atoms with Crippen LogP contribution in [0.1, 0.15) is 31.2 Å². The highest BCUT2D eigenvalue weighted by molar-refractivity contribution is 7.22. The molecule has 30 heavy (non-hydrogen) atoms. The van der Waals surface area contributed by atoms with E-state index in [1.807, 2.05) is 54.6 Å². The van der Waals surface area contributed by atoms with Gasteiger partial charge in [-0.3, -0.25) is 9.69 Å². The third-order valence-electron chi connectivity index (χ3n) is 5.26. The fourth-order valence-electron chi connectivity index (χ4n) is 3.80. The minimum absolute atomic E-state index is 0.0511. The molecule has 1 atom stereocenters. The summed E-state index contributed by atoms with van der Waals surface area (Å²) in [7, 11) is 0. The van der Waals surface area contributed by atoms with Gasteiger partial charge in [-0.05, 0) is 31.5 Å². The summed E-state index contributed by atoms with van der Waals surface area (Å²) in [6.07, 6.45) is 3.01. The summed E-state index contributed by atoms with van der Waals surface area (Å²) < 4.78 is 6.64. The molecule has 1 amide bonds. The molecule has 0 radical (unpaired) electrons. The Labute approximate surface area is 177 Å². The number of amides is 1. The van der Waals surface area contributed by atoms with Crippen molar-refractivity contribution >= 4 is 32.6 Å². The fourth-order valence-corrected chi connectivity index (χ4v) is 4.69. The number of rotatable bonds is 5. The highest BCUT2D eigenvalue weighted by atomic mass is 32.1. The van der Waals surface area contributed by atoms with Crippen molar-refractivity contribution in [2.45, 2.75) is 25.3 Å². The summed E-state index contributed by atoms with van der Waals surface area (Å²) in [6.45, 7) is 1.09. The number of anilines is 1. The molecule has 8 heteroatoms. The molecular formula is C22H21N5O2S. The number of thiazole rings is 1. The molecule has 5 rings (SSSR count). The zero-order valence-corrected chi connectivity index (χ0v) is 17.1. The number of carbonyl (C=O) groups excluding carboxylic acids is 1. The Bertz CT molecular complexity index is 1120. The number of hydrogen-bond acceptors (Lipinski definition) is 7. The van der Waals surface area contributed by atoms with Gasteiger partial charge in [0, 0.05) is 5.56 Å². The third kappa shape index (κ3) is 3.96. The van der Waals surface area contributed by atoms with Crippen LogP contribution in [0.3, 0.4) is 0 Å². The molecule has 1 aliphatic heterocycles. The van der Waals surface area contributed by atoms with Gasteiger partial charge < -0.3 is 9.84 Å². The molecule has 0 aliphatic carbocycles. The highest BCUT2D eigenvalue weighted by Gasteiger charge is 2.30. The van der Waals surface area contributed by atoms with E-state index in [1.54, 1.807) is 0 Å². The van der Waals surface area contributed by atoms with Crippen molar-refractivity contribution in [1.29, 1.82) is 0 Å². The lowest BCUT2D eigenvalue weighted by molar-refractivity contribution is -0.118. The summed E-state index contributed by atoms with van der Waals surface area (Å²) in [6, 6.07) is 17.6. The maximum Gasteiger partial charge on any atom is 0.244 e. The smallest absolute Gasteiger partial charge is 0.244 e. The summed E-state index contributed by atoms with van der Waals surface area (Å²) in [5, 5.41) is 7.71. The Morgan fingerprint density at radius 3 is 2.80 bits per heavy atom. The molecule has 4 aromatic rings. The Kier molecular flexibility index (Phi) is 5.25. The van der Waals surface area contributed by atoms with E-state index in [0.717, 1.165) is 41.6 Å². The molecule has 1 saturated heterocycles. The summed E-state index contributed by atoms with van der Waals surface area (Å²) in [5.41, 5.74) is 1.82. The summed E-state index contributed by atoms with van der Waals surface area (Å²) in [4.78, 5) is 23.9. The van der Waals surface area contributed by atoms with Gasteiger partial charge in [0.05, 0.1) is 22.8 Å². The number of aromatic nitrogens is 3. The number of nitrogens with one attached hydrogen (secondary N) is 1. The average Bonchev–Trinajstić information content (AvgIpc) is 3.41. The van der Waals surface area contributed by atoms with Crippen LogP contribution < -0.4 is 5.32 Å². The number of piperidine rings is 1. The number of para-hydroxylation sites is 1. The molecule has 1 N–H and O–H groups in total. The van der Waals surface area contributed by atoms with Crippen molar-refractivity contribution in [1.82, 2.24) is 20.0 Å². The molecule has 1 unspecified atom stereocenters. The van der Waals surface area contributed by atoms with Crippen LogP contribution in [-0.2, 0) is 4.79 Å². The van der Waals surface area contributed by atoms with Gasteiger partial charge in [-0.2, -0.15) is 4.98 Å². The van der Waals surface area contributed by atoms with Crippen molar-refractivity contribution in [2.24, 2.45) is 0 Å². The number of nitrogens with zero attached hydrogens (tertiary/aromatic N) is 4. The topological polar surface area (TPSA) is 84.2 Å². The maximum absolute atomic E-state index is 12.7. The van der Waals surface area contributed by atoms with Crippen LogP contribution in [0.2, 0.25) is 0 Å². The normalized spacial score (nSPS) is 17.3. The molecule has 152 valence electrons. The second kappa shape index (κ2) is 8.33. The molecule has 0 saturated carbocycles. The van der Waals surface area contributed by atoms with E-state index in [-0.39, 0.29) is 18.5 Å². The summed E-state index contributed by atoms with van der Waals surface area (Å²) >= 11 is 1.48. The van der Waals surface area contributed by atoms with E-state index in [1.165, 1.54) is 11.3 Å². The van der Waals surface area contributed by atoms with Gasteiger partial charge in [0.2, 0.25) is 17.6 Å². The first-order chi connectivity index (χ1) is 14.8. The van der Waals surface area contributed by atoms with Crippen LogP contribution in [0.5, 0.6) is 0 Å². The fraction of sp³-hybridized carbons (Fsp3) is 0.273. The Hall–Kier alpha value is -3.10. The monoisotopic (exact) mass is 419 g/mol. The van der Waals surface area contributed by atoms with Crippen LogP contribution >= 0.6 is 11.3 Å². The lowest BCUT2D eigenvalue weighted by atomic mass is 10.0. The molecule has 2 aromatic carbocycles. The largest absolute Gasteiger partial charge is 0.337 e. The Balaban J connectivity index is 1.29. The van der Waals surface area contributed by atoms with Crippen molar-refractivity contribution in [3.8, 4) is 11.4 Å². The molecule has 0 spiro atoms. The number of carbonyl (C=O) groups is 1. The van der Waals surface area contributed by atoms with Crippen LogP contribution in [0.4, 0.5) is 5.13 Å². The van der Waals surface area contributed by atoms with Crippen molar-refractivity contribution in [2.75, 3.05) is 18.4 Å². The predicted octanol–water partition coefficient (Wildman–Crippen LogP) is 4.51. The Morgan fingerprint density at radius 1 is 1.10 bits per heavy atom. The van der Waals surface area contributed by atoms with Crippen molar-refractivity contribution in [3.63, 3.8) is 0 Å². The van der Waals surface area contributed by atoms with Gasteiger partial charge in [-0.1, -0.05) is 65.4 Å². The standard InChI is InChI=1S/C22H21N5O2S/c28-19(24-22-23-16-10-4-5-12-18(16)30-22)14-27-13-7-6-11-17(27)21-25-20(26-29-21)15-8-2-1-3-9-15/h1-5,8-10,12,17H,6-7,11,13-14H2,(H,23,24,28). The van der Waals surface area contributed by atoms with Gasteiger partial charge in [-0.25, -0.2) is 4.98 Å². The van der Waals surface area contributed by atoms with E-state index in [4.69, 9.17) is 4.52 Å². The molecule has 1 fully saturated rings. The van der Waals surface area contributed by atoms with Gasteiger partial charge in [0.15, 0.2) is 5.13 Å². The third-order valence-corrected chi connectivity index (χ3v) is 6.21. The van der Waals surface area contributed by atoms with E-state index in [0.29, 0.717) is 16.8 Å². The zero-order chi connectivity index (χ0) is 20.3. The maximum atomic E-state index is 12.7. The second-order valence-electron chi connectivity index (χ2n) is 7.34. The number of hydrogen-bond donors (Lipinski definition) is 1. The van der Waals surface area contributed by atoms with Crippen LogP contribution in [0.15, 0.2) is 59.1 Å². The number of benzene rings is 2. The SMILES string of the molecule is O=C(CN1CCCCC1c1nc(-c2ccccc2)no1)Nc1nc2ccccc2s1. The first-order valence-corrected chi connectivity index (χ1v) is 10.9. The van der Waals surface area contributed by atoms with E-state index in [2.05, 4.69) is 25.3 Å². The average molecular weight is 420 g/mol. The second-order valence-corrected chi connectivity index (χ2v) is 8.37. The molecule has 3 heterocycles. The highest BCUT2D eigenvalue weighted by Crippen LogP contribution is 2.31. The molecule has 0 bridgehead atoms. The van der Waals surface area contributed by atoms with E-state index >= 15 is 0 Å². The van der Waals surface area contributed by atoms with Gasteiger partial charge in [0.1, 0.15) is 0 Å². The van der Waals surface area contributed by atoms with Gasteiger partial charge in [0.25, 0.3) is 0 Å². The first kappa shape index (κ1) is 18.9. The summed E-state index contributed by atoms with van der Waals surface area (Å²) in [5.74, 6) is 1.07. The molecule has 1 aliphatic rings. The number of likely N-dealkylation sites (tertiary alicyclic amines) is 1. The van der Waals surface area contributed by atoms with Crippen molar-refractivity contribution < 1.29 is 9.32 Å². The van der Waals surface area contributed by atoms with Crippen LogP contribution in [0, 0.1) is 0 Å². The Morgan fingerprint density at radius 2 is 1.93 bits per heavy atom. The zero-order valence-electron chi connectivity index (χ0n) is 16.3. The van der Waals surface area contributed by atoms with Gasteiger partial charge >= 0.3 is 0 Å². The van der Waals surface area contributed by atoms with Crippen LogP contribution in [-0.4, -0.2) is 39.0 Å². The molecule has 2 aromatic heterocycles. The molecule has 7 nitrogen and oxygen atoms in total.